The van der Waals surface area contributed by atoms with Gasteiger partial charge in [-0.3, -0.25) is 19.0 Å². The second kappa shape index (κ2) is 9.15. The summed E-state index contributed by atoms with van der Waals surface area (Å²) in [4.78, 5) is 25.1. The summed E-state index contributed by atoms with van der Waals surface area (Å²) in [5.41, 5.74) is 3.15. The molecule has 8 nitrogen and oxygen atoms in total. The summed E-state index contributed by atoms with van der Waals surface area (Å²) in [6.07, 6.45) is 4.13. The van der Waals surface area contributed by atoms with E-state index in [1.54, 1.807) is 0 Å². The Morgan fingerprint density at radius 1 is 0.933 bits per heavy atom. The normalized spacial score (nSPS) is 10.9. The van der Waals surface area contributed by atoms with Gasteiger partial charge in [-0.15, -0.1) is 5.10 Å². The molecule has 4 rings (SSSR count). The van der Waals surface area contributed by atoms with Crippen molar-refractivity contribution < 1.29 is 4.74 Å². The number of ether oxygens (including phenoxy) is 1. The van der Waals surface area contributed by atoms with Crippen LogP contribution in [0.5, 0.6) is 0 Å². The highest BCUT2D eigenvalue weighted by Gasteiger charge is 2.06. The Labute approximate surface area is 172 Å². The summed E-state index contributed by atoms with van der Waals surface area (Å²) >= 11 is 0. The van der Waals surface area contributed by atoms with Crippen molar-refractivity contribution in [3.63, 3.8) is 0 Å². The minimum atomic E-state index is -0.490. The van der Waals surface area contributed by atoms with Gasteiger partial charge >= 0.3 is 5.69 Å². The first-order chi connectivity index (χ1) is 14.7. The Hall–Kier alpha value is -3.78. The number of benzene rings is 2. The van der Waals surface area contributed by atoms with Crippen molar-refractivity contribution in [1.29, 1.82) is 0 Å². The van der Waals surface area contributed by atoms with Gasteiger partial charge in [0.25, 0.3) is 5.56 Å². The lowest BCUT2D eigenvalue weighted by molar-refractivity contribution is 0.0603. The molecule has 0 saturated heterocycles. The SMILES string of the molecule is O=c1ccn(COCc2ccccc2CCn2cc(-c3ccccc3)nn2)c(=O)[nH]1. The molecule has 8 heteroatoms. The highest BCUT2D eigenvalue weighted by atomic mass is 16.5. The van der Waals surface area contributed by atoms with Crippen LogP contribution in [0.3, 0.4) is 0 Å². The maximum absolute atomic E-state index is 11.7. The van der Waals surface area contributed by atoms with Crippen LogP contribution in [-0.4, -0.2) is 24.5 Å². The topological polar surface area (TPSA) is 94.8 Å². The number of hydrogen-bond acceptors (Lipinski definition) is 5. The summed E-state index contributed by atoms with van der Waals surface area (Å²) in [5.74, 6) is 0. The number of aryl methyl sites for hydroxylation is 2. The van der Waals surface area contributed by atoms with E-state index in [9.17, 15) is 9.59 Å². The lowest BCUT2D eigenvalue weighted by Crippen LogP contribution is -2.29. The smallest absolute Gasteiger partial charge is 0.330 e. The molecular formula is C22H21N5O3. The van der Waals surface area contributed by atoms with Gasteiger partial charge in [-0.1, -0.05) is 59.8 Å². The fraction of sp³-hybridized carbons (Fsp3) is 0.182. The molecule has 0 fully saturated rings. The zero-order valence-electron chi connectivity index (χ0n) is 16.3. The van der Waals surface area contributed by atoms with Crippen LogP contribution in [-0.2, 0) is 31.0 Å². The Morgan fingerprint density at radius 2 is 1.70 bits per heavy atom. The molecule has 0 amide bonds. The van der Waals surface area contributed by atoms with Crippen molar-refractivity contribution >= 4 is 0 Å². The van der Waals surface area contributed by atoms with Crippen LogP contribution in [0.2, 0.25) is 0 Å². The van der Waals surface area contributed by atoms with Gasteiger partial charge in [0, 0.05) is 24.4 Å². The summed E-state index contributed by atoms with van der Waals surface area (Å²) in [5, 5.41) is 8.47. The minimum absolute atomic E-state index is 0.0630. The third-order valence-corrected chi connectivity index (χ3v) is 4.72. The maximum atomic E-state index is 11.7. The van der Waals surface area contributed by atoms with Crippen LogP contribution in [0, 0.1) is 0 Å². The summed E-state index contributed by atoms with van der Waals surface area (Å²) in [7, 11) is 0. The molecule has 0 saturated carbocycles. The molecule has 0 unspecified atom stereocenters. The molecule has 0 atom stereocenters. The Morgan fingerprint density at radius 3 is 2.50 bits per heavy atom. The molecule has 0 aliphatic rings. The van der Waals surface area contributed by atoms with E-state index in [4.69, 9.17) is 4.74 Å². The van der Waals surface area contributed by atoms with Crippen LogP contribution in [0.1, 0.15) is 11.1 Å². The molecule has 30 heavy (non-hydrogen) atoms. The van der Waals surface area contributed by atoms with E-state index in [0.29, 0.717) is 13.2 Å². The number of aromatic amines is 1. The second-order valence-corrected chi connectivity index (χ2v) is 6.81. The highest BCUT2D eigenvalue weighted by molar-refractivity contribution is 5.57. The number of aromatic nitrogens is 5. The van der Waals surface area contributed by atoms with E-state index < -0.39 is 11.2 Å². The number of nitrogens with one attached hydrogen (secondary N) is 1. The predicted molar refractivity (Wildman–Crippen MR) is 112 cm³/mol. The quantitative estimate of drug-likeness (QED) is 0.487. The lowest BCUT2D eigenvalue weighted by Gasteiger charge is -2.11. The van der Waals surface area contributed by atoms with Gasteiger partial charge in [0.1, 0.15) is 12.4 Å². The monoisotopic (exact) mass is 403 g/mol. The van der Waals surface area contributed by atoms with E-state index in [0.717, 1.165) is 28.8 Å². The average Bonchev–Trinajstić information content (AvgIpc) is 3.24. The molecule has 0 radical (unpaired) electrons. The minimum Gasteiger partial charge on any atom is -0.356 e. The van der Waals surface area contributed by atoms with Crippen molar-refractivity contribution in [1.82, 2.24) is 24.5 Å². The van der Waals surface area contributed by atoms with Gasteiger partial charge in [-0.05, 0) is 17.5 Å². The van der Waals surface area contributed by atoms with Crippen LogP contribution in [0.25, 0.3) is 11.3 Å². The number of hydrogen-bond donors (Lipinski definition) is 1. The average molecular weight is 403 g/mol. The largest absolute Gasteiger partial charge is 0.356 e. The first-order valence-corrected chi connectivity index (χ1v) is 9.59. The van der Waals surface area contributed by atoms with Gasteiger partial charge in [-0.2, -0.15) is 0 Å². The predicted octanol–water partition coefficient (Wildman–Crippen LogP) is 2.21. The molecule has 2 aromatic carbocycles. The molecule has 0 bridgehead atoms. The molecule has 0 aliphatic carbocycles. The molecule has 2 heterocycles. The number of nitrogens with zero attached hydrogens (tertiary/aromatic N) is 4. The van der Waals surface area contributed by atoms with Gasteiger partial charge in [0.05, 0.1) is 12.8 Å². The zero-order valence-corrected chi connectivity index (χ0v) is 16.3. The standard InChI is InChI=1S/C22H21N5O3/c28-21-11-12-26(22(29)23-21)16-30-15-19-9-5-4-6-17(19)10-13-27-14-20(24-25-27)18-7-2-1-3-8-18/h1-9,11-12,14H,10,13,15-16H2,(H,23,28,29). The molecule has 0 spiro atoms. The molecular weight excluding hydrogens is 382 g/mol. The van der Waals surface area contributed by atoms with Gasteiger partial charge in [-0.25, -0.2) is 4.79 Å². The van der Waals surface area contributed by atoms with E-state index in [1.165, 1.54) is 16.8 Å². The highest BCUT2D eigenvalue weighted by Crippen LogP contribution is 2.16. The summed E-state index contributed by atoms with van der Waals surface area (Å²) in [6, 6.07) is 19.2. The van der Waals surface area contributed by atoms with Gasteiger partial charge in [0.2, 0.25) is 0 Å². The Balaban J connectivity index is 1.37. The van der Waals surface area contributed by atoms with Crippen LogP contribution in [0.4, 0.5) is 0 Å². The van der Waals surface area contributed by atoms with Gasteiger partial charge < -0.3 is 4.74 Å². The van der Waals surface area contributed by atoms with E-state index >= 15 is 0 Å². The van der Waals surface area contributed by atoms with Crippen molar-refractivity contribution in [3.05, 3.63) is 105 Å². The van der Waals surface area contributed by atoms with Gasteiger partial charge in [0.15, 0.2) is 0 Å². The Bertz CT molecular complexity index is 1230. The molecule has 2 aromatic heterocycles. The second-order valence-electron chi connectivity index (χ2n) is 6.81. The molecule has 4 aromatic rings. The Kier molecular flexibility index (Phi) is 5.95. The third-order valence-electron chi connectivity index (χ3n) is 4.72. The molecule has 0 aliphatic heterocycles. The van der Waals surface area contributed by atoms with E-state index in [1.807, 2.05) is 59.4 Å². The molecule has 1 N–H and O–H groups in total. The van der Waals surface area contributed by atoms with Crippen LogP contribution in [0.15, 0.2) is 82.6 Å². The van der Waals surface area contributed by atoms with E-state index in [-0.39, 0.29) is 6.73 Å². The zero-order chi connectivity index (χ0) is 20.8. The first-order valence-electron chi connectivity index (χ1n) is 9.59. The fourth-order valence-electron chi connectivity index (χ4n) is 3.13. The van der Waals surface area contributed by atoms with Crippen molar-refractivity contribution in [2.75, 3.05) is 0 Å². The molecule has 152 valence electrons. The van der Waals surface area contributed by atoms with E-state index in [2.05, 4.69) is 21.4 Å². The van der Waals surface area contributed by atoms with Crippen LogP contribution < -0.4 is 11.2 Å². The van der Waals surface area contributed by atoms with Crippen LogP contribution >= 0.6 is 0 Å². The number of rotatable bonds is 8. The van der Waals surface area contributed by atoms with Crippen molar-refractivity contribution in [2.24, 2.45) is 0 Å². The maximum Gasteiger partial charge on any atom is 0.330 e. The summed E-state index contributed by atoms with van der Waals surface area (Å²) in [6.45, 7) is 1.11. The first kappa shape index (κ1) is 19.5. The number of H-pyrrole nitrogens is 1. The fourth-order valence-corrected chi connectivity index (χ4v) is 3.13. The van der Waals surface area contributed by atoms with Crippen molar-refractivity contribution in [3.8, 4) is 11.3 Å². The lowest BCUT2D eigenvalue weighted by atomic mass is 10.1. The summed E-state index contributed by atoms with van der Waals surface area (Å²) < 4.78 is 8.83. The third kappa shape index (κ3) is 4.79. The van der Waals surface area contributed by atoms with Crippen molar-refractivity contribution in [2.45, 2.75) is 26.3 Å².